The van der Waals surface area contributed by atoms with Gasteiger partial charge in [0, 0.05) is 61.0 Å². The van der Waals surface area contributed by atoms with Gasteiger partial charge >= 0.3 is 0 Å². The number of hydrogen-bond acceptors (Lipinski definition) is 2. The van der Waals surface area contributed by atoms with Crippen LogP contribution in [0.25, 0.3) is 66.8 Å². The van der Waals surface area contributed by atoms with Crippen LogP contribution in [0.2, 0.25) is 0 Å². The highest BCUT2D eigenvalue weighted by atomic mass is 15.2. The minimum Gasteiger partial charge on any atom is -0.310 e. The molecule has 0 heterocycles. The largest absolute Gasteiger partial charge is 0.310 e. The van der Waals surface area contributed by atoms with Crippen LogP contribution in [0.1, 0.15) is 337 Å². The van der Waals surface area contributed by atoms with E-state index in [9.17, 15) is 0 Å². The van der Waals surface area contributed by atoms with Crippen LogP contribution in [-0.2, 0) is 27.1 Å². The number of nitrogens with zero attached hydrogens (tertiary/aromatic N) is 2. The Hall–Kier alpha value is -9.76. The molecular weight excluding hydrogens is 1470 g/mol. The van der Waals surface area contributed by atoms with Gasteiger partial charge in [0.15, 0.2) is 0 Å². The van der Waals surface area contributed by atoms with Gasteiger partial charge in [-0.05, 0) is 223 Å². The lowest BCUT2D eigenvalue weighted by atomic mass is 9.70. The second kappa shape index (κ2) is 38.6. The predicted octanol–water partition coefficient (Wildman–Crippen LogP) is 36.4. The molecule has 0 saturated carbocycles. The Kier molecular flexibility index (Phi) is 27.1. The summed E-state index contributed by atoms with van der Waals surface area (Å²) in [5, 5.41) is 0. The van der Waals surface area contributed by atoms with Gasteiger partial charge in [-0.25, -0.2) is 0 Å². The van der Waals surface area contributed by atoms with E-state index in [0.717, 1.165) is 0 Å². The summed E-state index contributed by atoms with van der Waals surface area (Å²) >= 11 is 0. The van der Waals surface area contributed by atoms with Gasteiger partial charge in [-0.2, -0.15) is 0 Å². The third kappa shape index (κ3) is 16.2. The summed E-state index contributed by atoms with van der Waals surface area (Å²) in [5.74, 6) is 0. The van der Waals surface area contributed by atoms with E-state index in [4.69, 9.17) is 0 Å². The van der Waals surface area contributed by atoms with Crippen LogP contribution in [0, 0.1) is 0 Å². The summed E-state index contributed by atoms with van der Waals surface area (Å²) in [7, 11) is 0. The standard InChI is InChI=1S/C120H140N2/c1-11-19-27-47-83-120(82-46-26-18-8)109-57-37-31-53-101(109)105-75-71-95(87-113(105)120)122(94-70-74-104-100-52-30-36-56-108(100)119(112(104)86-94,80-44-24-16-6)81-45-25-17-7)115-59-39-33-49-97(115)89-62-66-91(67-63-89)116(9,10)90-64-60-88(61-65-90)96-48-32-38-58-114(96)121(92-68-72-102-98-50-28-34-54-106(98)117(110(102)84-92,76-40-20-12-2)77-41-21-13-3)93-69-73-103-99-51-29-35-55-107(99)118(111(103)85-93,78-42-22-14-4)79-43-23-15-5/h28-39,48-75,84-87H,11-27,40-47,76-83H2,1-10H3. The third-order valence-electron chi connectivity index (χ3n) is 30.1. The maximum absolute atomic E-state index is 2.69. The van der Waals surface area contributed by atoms with E-state index in [-0.39, 0.29) is 27.1 Å². The number of hydrogen-bond donors (Lipinski definition) is 0. The van der Waals surface area contributed by atoms with Crippen molar-refractivity contribution in [2.45, 2.75) is 308 Å². The van der Waals surface area contributed by atoms with Crippen molar-refractivity contribution in [3.8, 4) is 66.8 Å². The molecule has 0 fully saturated rings. The quantitative estimate of drug-likeness (QED) is 0.0352. The van der Waals surface area contributed by atoms with Gasteiger partial charge in [0.05, 0.1) is 11.4 Å². The van der Waals surface area contributed by atoms with Crippen molar-refractivity contribution < 1.29 is 0 Å². The van der Waals surface area contributed by atoms with E-state index >= 15 is 0 Å². The van der Waals surface area contributed by atoms with E-state index in [1.54, 1.807) is 5.56 Å². The molecule has 0 N–H and O–H groups in total. The zero-order chi connectivity index (χ0) is 84.3. The molecule has 1 unspecified atom stereocenters. The Morgan fingerprint density at radius 2 is 0.402 bits per heavy atom. The van der Waals surface area contributed by atoms with Crippen LogP contribution in [0.3, 0.4) is 0 Å². The van der Waals surface area contributed by atoms with Gasteiger partial charge in [0.2, 0.25) is 0 Å². The van der Waals surface area contributed by atoms with Crippen LogP contribution in [0.15, 0.2) is 267 Å². The first kappa shape index (κ1) is 85.8. The molecular formula is C120H140N2. The molecule has 0 bridgehead atoms. The molecule has 0 radical (unpaired) electrons. The first-order valence-corrected chi connectivity index (χ1v) is 48.9. The molecule has 12 aromatic rings. The molecule has 1 atom stereocenters. The predicted molar refractivity (Wildman–Crippen MR) is 528 cm³/mol. The fourth-order valence-corrected chi connectivity index (χ4v) is 23.6. The molecule has 4 aliphatic carbocycles. The normalized spacial score (nSPS) is 15.1. The van der Waals surface area contributed by atoms with Crippen molar-refractivity contribution in [3.63, 3.8) is 0 Å². The van der Waals surface area contributed by atoms with Crippen LogP contribution in [0.4, 0.5) is 34.1 Å². The molecule has 0 spiro atoms. The maximum Gasteiger partial charge on any atom is 0.0540 e. The third-order valence-corrected chi connectivity index (χ3v) is 30.1. The highest BCUT2D eigenvalue weighted by Crippen LogP contribution is 2.62. The Balaban J connectivity index is 0.791. The Labute approximate surface area is 736 Å². The molecule has 4 aliphatic rings. The monoisotopic (exact) mass is 1610 g/mol. The van der Waals surface area contributed by atoms with Gasteiger partial charge in [0.25, 0.3) is 0 Å². The summed E-state index contributed by atoms with van der Waals surface area (Å²) in [6.07, 6.45) is 40.2. The van der Waals surface area contributed by atoms with Crippen molar-refractivity contribution in [2.24, 2.45) is 0 Å². The summed E-state index contributed by atoms with van der Waals surface area (Å²) < 4.78 is 0. The van der Waals surface area contributed by atoms with Crippen LogP contribution >= 0.6 is 0 Å². The number of para-hydroxylation sites is 2. The summed E-state index contributed by atoms with van der Waals surface area (Å²) in [4.78, 5) is 5.38. The van der Waals surface area contributed by atoms with Gasteiger partial charge in [-0.15, -0.1) is 0 Å². The molecule has 2 nitrogen and oxygen atoms in total. The molecule has 630 valence electrons. The lowest BCUT2D eigenvalue weighted by Crippen LogP contribution is -2.26. The summed E-state index contributed by atoms with van der Waals surface area (Å²) in [6, 6.07) is 107. The SMILES string of the molecule is CCCCCCC1(CCCCC)c2ccccc2-c2ccc(N(c3ccc4c(c3)C(CCCCC)(CCCCC)c3ccccc3-4)c3ccccc3-c3ccc(C(C)(C)c4ccc(-c5ccccc5N(c5ccc6c(c5)C(CCCCC)(CCCCC)c5ccccc5-6)c5ccc6c(c5)C(CCCCC)(CCCCC)c5ccccc5-6)cc4)cc3)cc21. The van der Waals surface area contributed by atoms with Crippen molar-refractivity contribution in [1.29, 1.82) is 0 Å². The van der Waals surface area contributed by atoms with Crippen LogP contribution < -0.4 is 9.80 Å². The van der Waals surface area contributed by atoms with Crippen LogP contribution in [0.5, 0.6) is 0 Å². The van der Waals surface area contributed by atoms with Crippen molar-refractivity contribution in [1.82, 2.24) is 0 Å². The molecule has 16 rings (SSSR count). The van der Waals surface area contributed by atoms with Crippen molar-refractivity contribution in [3.05, 3.63) is 323 Å². The highest BCUT2D eigenvalue weighted by Gasteiger charge is 2.48. The average molecular weight is 1610 g/mol. The first-order chi connectivity index (χ1) is 59.9. The van der Waals surface area contributed by atoms with E-state index in [2.05, 4.69) is 346 Å². The highest BCUT2D eigenvalue weighted by molar-refractivity contribution is 5.95. The molecule has 0 amide bonds. The van der Waals surface area contributed by atoms with Gasteiger partial charge in [-0.1, -0.05) is 436 Å². The van der Waals surface area contributed by atoms with E-state index < -0.39 is 0 Å². The number of rotatable bonds is 43. The van der Waals surface area contributed by atoms with E-state index in [1.807, 2.05) is 0 Å². The van der Waals surface area contributed by atoms with E-state index in [0.29, 0.717) is 0 Å². The van der Waals surface area contributed by atoms with Crippen molar-refractivity contribution >= 4 is 34.1 Å². The minimum atomic E-state index is -0.315. The topological polar surface area (TPSA) is 6.48 Å². The average Bonchev–Trinajstić information content (AvgIpc) is 1.57. The molecule has 12 aromatic carbocycles. The zero-order valence-electron chi connectivity index (χ0n) is 76.1. The molecule has 0 aromatic heterocycles. The Morgan fingerprint density at radius 1 is 0.197 bits per heavy atom. The Morgan fingerprint density at radius 3 is 0.648 bits per heavy atom. The van der Waals surface area contributed by atoms with E-state index in [1.165, 1.54) is 363 Å². The molecule has 2 heteroatoms. The number of unbranched alkanes of at least 4 members (excludes halogenated alkanes) is 17. The summed E-state index contributed by atoms with van der Waals surface area (Å²) in [6.45, 7) is 23.8. The number of benzene rings is 12. The van der Waals surface area contributed by atoms with Gasteiger partial charge in [-0.3, -0.25) is 0 Å². The second-order valence-electron chi connectivity index (χ2n) is 37.9. The van der Waals surface area contributed by atoms with Crippen molar-refractivity contribution in [2.75, 3.05) is 9.80 Å². The minimum absolute atomic E-state index is 0.0573. The molecule has 122 heavy (non-hydrogen) atoms. The smallest absolute Gasteiger partial charge is 0.0540 e. The number of fused-ring (bicyclic) bond motifs is 12. The van der Waals surface area contributed by atoms with Gasteiger partial charge in [0.1, 0.15) is 0 Å². The fourth-order valence-electron chi connectivity index (χ4n) is 23.6. The second-order valence-corrected chi connectivity index (χ2v) is 37.9. The lowest BCUT2D eigenvalue weighted by molar-refractivity contribution is 0.403. The zero-order valence-corrected chi connectivity index (χ0v) is 76.1. The molecule has 0 aliphatic heterocycles. The lowest BCUT2D eigenvalue weighted by Gasteiger charge is -2.35. The first-order valence-electron chi connectivity index (χ1n) is 48.9. The van der Waals surface area contributed by atoms with Gasteiger partial charge < -0.3 is 9.80 Å². The summed E-state index contributed by atoms with van der Waals surface area (Å²) in [5.41, 5.74) is 38.0. The number of anilines is 6. The Bertz CT molecular complexity index is 5360. The molecule has 0 saturated heterocycles. The van der Waals surface area contributed by atoms with Crippen LogP contribution in [-0.4, -0.2) is 0 Å². The fraction of sp³-hybridized carbons (Fsp3) is 0.400. The maximum atomic E-state index is 2.69.